The number of carbonyl (C=O) groups excluding carboxylic acids is 1. The van der Waals surface area contributed by atoms with Gasteiger partial charge in [0, 0.05) is 23.2 Å². The molecule has 0 saturated heterocycles. The predicted molar refractivity (Wildman–Crippen MR) is 104 cm³/mol. The van der Waals surface area contributed by atoms with Gasteiger partial charge < -0.3 is 16.0 Å². The molecule has 27 heavy (non-hydrogen) atoms. The molecule has 3 aromatic rings. The summed E-state index contributed by atoms with van der Waals surface area (Å²) >= 11 is 0. The molecule has 0 radical (unpaired) electrons. The molecule has 4 nitrogen and oxygen atoms in total. The zero-order valence-electron chi connectivity index (χ0n) is 15.3. The Bertz CT molecular complexity index is 1090. The lowest BCUT2D eigenvalue weighted by atomic mass is 9.87. The summed E-state index contributed by atoms with van der Waals surface area (Å²) in [6, 6.07) is 7.39. The minimum atomic E-state index is -0.603. The molecule has 2 aromatic carbocycles. The zero-order valence-corrected chi connectivity index (χ0v) is 15.3. The highest BCUT2D eigenvalue weighted by Gasteiger charge is 2.32. The van der Waals surface area contributed by atoms with Crippen LogP contribution < -0.4 is 11.1 Å². The molecular weight excluding hydrogens is 341 g/mol. The van der Waals surface area contributed by atoms with E-state index in [9.17, 15) is 4.79 Å². The van der Waals surface area contributed by atoms with E-state index in [-0.39, 0.29) is 11.4 Å². The van der Waals surface area contributed by atoms with Gasteiger partial charge >= 0.3 is 0 Å². The number of aromatic nitrogens is 1. The summed E-state index contributed by atoms with van der Waals surface area (Å²) in [6.45, 7) is 3.69. The Hall–Kier alpha value is -2.66. The van der Waals surface area contributed by atoms with Gasteiger partial charge in [-0.15, -0.1) is 0 Å². The molecule has 1 aliphatic carbocycles. The minimum Gasteiger partial charge on any atom is -0.366 e. The number of benzene rings is 2. The molecule has 4 N–H and O–H groups in total. The number of nitrogens with one attached hydrogen (secondary N) is 2. The van der Waals surface area contributed by atoms with Crippen molar-refractivity contribution in [2.24, 2.45) is 5.73 Å². The minimum absolute atomic E-state index is 0.229. The lowest BCUT2D eigenvalue weighted by Crippen LogP contribution is -2.24. The summed E-state index contributed by atoms with van der Waals surface area (Å²) in [4.78, 5) is 15.3. The number of halogens is 1. The maximum atomic E-state index is 15.4. The average molecular weight is 363 g/mol. The monoisotopic (exact) mass is 363 g/mol. The Morgan fingerprint density at radius 1 is 1.30 bits per heavy atom. The van der Waals surface area contributed by atoms with E-state index >= 15 is 4.39 Å². The number of nitrogens with two attached hydrogens (primary N) is 1. The highest BCUT2D eigenvalue weighted by Crippen LogP contribution is 2.49. The number of hydrogen-bond donors (Lipinski definition) is 3. The molecule has 0 unspecified atom stereocenters. The van der Waals surface area contributed by atoms with Crippen molar-refractivity contribution in [3.05, 3.63) is 58.0 Å². The summed E-state index contributed by atoms with van der Waals surface area (Å²) in [5, 5.41) is 4.22. The number of rotatable bonds is 3. The lowest BCUT2D eigenvalue weighted by molar-refractivity contribution is 0.100. The van der Waals surface area contributed by atoms with Crippen LogP contribution in [0.2, 0.25) is 0 Å². The Morgan fingerprint density at radius 2 is 2.11 bits per heavy atom. The SMILES string of the molecule is Cc1[nH]c2c(C(N)=O)cc(F)c(-c3cccc4c3CCNC4)c2c1C1CC1. The molecule has 1 amide bonds. The summed E-state index contributed by atoms with van der Waals surface area (Å²) in [6.07, 6.45) is 3.07. The van der Waals surface area contributed by atoms with Crippen molar-refractivity contribution in [1.82, 2.24) is 10.3 Å². The van der Waals surface area contributed by atoms with Crippen molar-refractivity contribution in [1.29, 1.82) is 0 Å². The van der Waals surface area contributed by atoms with Crippen LogP contribution in [-0.4, -0.2) is 17.4 Å². The van der Waals surface area contributed by atoms with Gasteiger partial charge in [-0.25, -0.2) is 4.39 Å². The quantitative estimate of drug-likeness (QED) is 0.660. The molecule has 0 bridgehead atoms. The molecule has 0 spiro atoms. The maximum absolute atomic E-state index is 15.4. The normalized spacial score (nSPS) is 16.5. The van der Waals surface area contributed by atoms with E-state index < -0.39 is 5.91 Å². The van der Waals surface area contributed by atoms with E-state index in [2.05, 4.69) is 16.4 Å². The van der Waals surface area contributed by atoms with Gasteiger partial charge in [-0.05, 0) is 67.0 Å². The van der Waals surface area contributed by atoms with Crippen LogP contribution >= 0.6 is 0 Å². The topological polar surface area (TPSA) is 70.9 Å². The largest absolute Gasteiger partial charge is 0.366 e. The molecule has 0 atom stereocenters. The molecule has 1 aliphatic heterocycles. The number of amides is 1. The van der Waals surface area contributed by atoms with Crippen LogP contribution in [0.4, 0.5) is 4.39 Å². The Morgan fingerprint density at radius 3 is 2.85 bits per heavy atom. The molecule has 1 aromatic heterocycles. The fraction of sp³-hybridized carbons (Fsp3) is 0.318. The van der Waals surface area contributed by atoms with Crippen LogP contribution in [0.3, 0.4) is 0 Å². The molecule has 2 aliphatic rings. The third-order valence-electron chi connectivity index (χ3n) is 5.93. The number of primary amides is 1. The standard InChI is InChI=1S/C22H22FN3O/c1-11-18(12-5-6-12)20-19(17(23)9-16(22(24)27)21(20)26-11)15-4-2-3-13-10-25-8-7-14(13)15/h2-4,9,12,25-26H,5-8,10H2,1H3,(H2,24,27). The zero-order chi connectivity index (χ0) is 18.7. The highest BCUT2D eigenvalue weighted by atomic mass is 19.1. The summed E-state index contributed by atoms with van der Waals surface area (Å²) in [5.41, 5.74) is 12.6. The molecular formula is C22H22FN3O. The van der Waals surface area contributed by atoms with Gasteiger partial charge in [0.15, 0.2) is 0 Å². The van der Waals surface area contributed by atoms with Crippen LogP contribution in [0.25, 0.3) is 22.0 Å². The third kappa shape index (κ3) is 2.49. The first kappa shape index (κ1) is 16.5. The van der Waals surface area contributed by atoms with Crippen LogP contribution in [0.1, 0.15) is 51.5 Å². The first-order chi connectivity index (χ1) is 13.1. The number of carbonyl (C=O) groups is 1. The van der Waals surface area contributed by atoms with Crippen LogP contribution in [0, 0.1) is 12.7 Å². The Labute approximate surface area is 157 Å². The number of aromatic amines is 1. The predicted octanol–water partition coefficient (Wildman–Crippen LogP) is 3.90. The summed E-state index contributed by atoms with van der Waals surface area (Å²) in [7, 11) is 0. The Kier molecular flexibility index (Phi) is 3.62. The van der Waals surface area contributed by atoms with E-state index in [1.54, 1.807) is 0 Å². The van der Waals surface area contributed by atoms with Crippen molar-refractivity contribution >= 4 is 16.8 Å². The van der Waals surface area contributed by atoms with Crippen LogP contribution in [0.15, 0.2) is 24.3 Å². The van der Waals surface area contributed by atoms with Crippen molar-refractivity contribution in [3.63, 3.8) is 0 Å². The van der Waals surface area contributed by atoms with E-state index in [0.717, 1.165) is 54.6 Å². The van der Waals surface area contributed by atoms with Crippen molar-refractivity contribution in [2.45, 2.75) is 38.6 Å². The third-order valence-corrected chi connectivity index (χ3v) is 5.93. The number of aryl methyl sites for hydroxylation is 1. The summed E-state index contributed by atoms with van der Waals surface area (Å²) < 4.78 is 15.4. The van der Waals surface area contributed by atoms with Gasteiger partial charge in [0.25, 0.3) is 5.91 Å². The fourth-order valence-corrected chi connectivity index (χ4v) is 4.60. The van der Waals surface area contributed by atoms with Gasteiger partial charge in [-0.2, -0.15) is 0 Å². The lowest BCUT2D eigenvalue weighted by Gasteiger charge is -2.22. The van der Waals surface area contributed by atoms with E-state index in [1.807, 2.05) is 19.1 Å². The molecule has 1 fully saturated rings. The van der Waals surface area contributed by atoms with E-state index in [4.69, 9.17) is 5.73 Å². The maximum Gasteiger partial charge on any atom is 0.250 e. The Balaban J connectivity index is 1.90. The summed E-state index contributed by atoms with van der Waals surface area (Å²) in [5.74, 6) is -0.543. The molecule has 5 rings (SSSR count). The first-order valence-corrected chi connectivity index (χ1v) is 9.52. The molecule has 5 heteroatoms. The van der Waals surface area contributed by atoms with Gasteiger partial charge in [-0.3, -0.25) is 4.79 Å². The second-order valence-corrected chi connectivity index (χ2v) is 7.70. The van der Waals surface area contributed by atoms with Crippen molar-refractivity contribution < 1.29 is 9.18 Å². The first-order valence-electron chi connectivity index (χ1n) is 9.52. The van der Waals surface area contributed by atoms with Crippen LogP contribution in [-0.2, 0) is 13.0 Å². The molecule has 138 valence electrons. The van der Waals surface area contributed by atoms with Crippen molar-refractivity contribution in [2.75, 3.05) is 6.54 Å². The van der Waals surface area contributed by atoms with Gasteiger partial charge in [0.05, 0.1) is 11.1 Å². The van der Waals surface area contributed by atoms with Gasteiger partial charge in [-0.1, -0.05) is 18.2 Å². The fourth-order valence-electron chi connectivity index (χ4n) is 4.60. The van der Waals surface area contributed by atoms with Gasteiger partial charge in [0.2, 0.25) is 0 Å². The van der Waals surface area contributed by atoms with Crippen LogP contribution in [0.5, 0.6) is 0 Å². The molecule has 2 heterocycles. The number of fused-ring (bicyclic) bond motifs is 2. The number of hydrogen-bond acceptors (Lipinski definition) is 2. The van der Waals surface area contributed by atoms with E-state index in [1.165, 1.54) is 17.2 Å². The van der Waals surface area contributed by atoms with E-state index in [0.29, 0.717) is 17.0 Å². The van der Waals surface area contributed by atoms with Gasteiger partial charge in [0.1, 0.15) is 5.82 Å². The molecule has 1 saturated carbocycles. The second-order valence-electron chi connectivity index (χ2n) is 7.70. The number of H-pyrrole nitrogens is 1. The van der Waals surface area contributed by atoms with Crippen molar-refractivity contribution in [3.8, 4) is 11.1 Å². The second kappa shape index (κ2) is 5.92. The average Bonchev–Trinajstić information content (AvgIpc) is 3.43. The smallest absolute Gasteiger partial charge is 0.250 e. The highest BCUT2D eigenvalue weighted by molar-refractivity contribution is 6.11.